The highest BCUT2D eigenvalue weighted by Gasteiger charge is 2.44. The number of hydrogen-bond donors (Lipinski definition) is 4. The fraction of sp³-hybridized carbons (Fsp3) is 0.677. The van der Waals surface area contributed by atoms with Crippen LogP contribution >= 0.6 is 12.6 Å². The highest BCUT2D eigenvalue weighted by molar-refractivity contribution is 7.80. The Bertz CT molecular complexity index is 1070. The molecular formula is C31H48N4O7S. The second-order valence-electron chi connectivity index (χ2n) is 12.0. The second kappa shape index (κ2) is 16.9. The molecule has 0 bridgehead atoms. The van der Waals surface area contributed by atoms with Gasteiger partial charge < -0.3 is 35.4 Å². The minimum absolute atomic E-state index is 0.0921. The van der Waals surface area contributed by atoms with E-state index in [1.807, 2.05) is 30.3 Å². The highest BCUT2D eigenvalue weighted by atomic mass is 32.1. The summed E-state index contributed by atoms with van der Waals surface area (Å²) in [5.74, 6) is -1.95. The van der Waals surface area contributed by atoms with E-state index in [4.69, 9.17) is 15.2 Å². The molecule has 2 aliphatic rings. The van der Waals surface area contributed by atoms with Gasteiger partial charge in [0.05, 0.1) is 25.4 Å². The van der Waals surface area contributed by atoms with Crippen molar-refractivity contribution < 1.29 is 33.8 Å². The van der Waals surface area contributed by atoms with Gasteiger partial charge in [-0.05, 0) is 44.1 Å². The maximum absolute atomic E-state index is 14.6. The van der Waals surface area contributed by atoms with Crippen LogP contribution in [-0.2, 0) is 30.3 Å². The lowest BCUT2D eigenvalue weighted by molar-refractivity contribution is -0.166. The summed E-state index contributed by atoms with van der Waals surface area (Å²) in [6.45, 7) is 6.99. The van der Waals surface area contributed by atoms with E-state index in [1.54, 1.807) is 18.7 Å². The molecule has 1 heterocycles. The number of nitrogens with zero attached hydrogens (tertiary/aromatic N) is 2. The summed E-state index contributed by atoms with van der Waals surface area (Å²) in [7, 11) is 0. The van der Waals surface area contributed by atoms with Gasteiger partial charge in [-0.15, -0.1) is 0 Å². The summed E-state index contributed by atoms with van der Waals surface area (Å²) < 4.78 is 10.7. The van der Waals surface area contributed by atoms with Crippen molar-refractivity contribution in [3.05, 3.63) is 35.9 Å². The predicted octanol–water partition coefficient (Wildman–Crippen LogP) is 2.15. The molecule has 0 spiro atoms. The summed E-state index contributed by atoms with van der Waals surface area (Å²) in [4.78, 5) is 56.7. The first-order valence-electron chi connectivity index (χ1n) is 15.3. The first-order chi connectivity index (χ1) is 20.5. The molecule has 1 aromatic rings. The maximum atomic E-state index is 14.6. The van der Waals surface area contributed by atoms with Crippen molar-refractivity contribution >= 4 is 36.4 Å². The number of aliphatic hydroxyl groups is 1. The number of esters is 1. The summed E-state index contributed by atoms with van der Waals surface area (Å²) in [6.07, 6.45) is 1.91. The van der Waals surface area contributed by atoms with Crippen molar-refractivity contribution in [1.82, 2.24) is 15.1 Å². The number of rotatable bonds is 13. The lowest BCUT2D eigenvalue weighted by atomic mass is 9.78. The molecule has 1 aliphatic heterocycles. The Hall–Kier alpha value is -2.83. The number of nitrogens with two attached hydrogens (primary N) is 1. The van der Waals surface area contributed by atoms with E-state index in [0.717, 1.165) is 31.2 Å². The van der Waals surface area contributed by atoms with Crippen LogP contribution in [0, 0.1) is 11.8 Å². The standard InChI is InChI=1S/C31H48N4O7S/c1-20(2)42-30(39)27(36)25(18-23-11-7-8-21(3)16-23)35(26(19-43)28(32)37)29(38)24(17-22-9-5-4-6-10-22)33-31(40)34-12-14-41-15-13-34/h4-6,9-10,20-21,23-27,36,43H,7-8,11-19H2,1-3H3,(H2,32,37)(H,33,40)/t21?,23?,24-,25-,26-,27+/m0/s1. The van der Waals surface area contributed by atoms with E-state index in [1.165, 1.54) is 4.90 Å². The molecule has 12 heteroatoms. The van der Waals surface area contributed by atoms with Crippen molar-refractivity contribution in [2.24, 2.45) is 17.6 Å². The number of primary amides is 1. The van der Waals surface area contributed by atoms with Crippen molar-refractivity contribution in [3.63, 3.8) is 0 Å². The summed E-state index contributed by atoms with van der Waals surface area (Å²) >= 11 is 4.36. The molecular weight excluding hydrogens is 572 g/mol. The van der Waals surface area contributed by atoms with Crippen molar-refractivity contribution in [2.75, 3.05) is 32.1 Å². The zero-order valence-corrected chi connectivity index (χ0v) is 26.4. The third-order valence-electron chi connectivity index (χ3n) is 8.20. The fourth-order valence-electron chi connectivity index (χ4n) is 6.07. The molecule has 2 unspecified atom stereocenters. The van der Waals surface area contributed by atoms with Crippen LogP contribution in [0.3, 0.4) is 0 Å². The number of ether oxygens (including phenoxy) is 2. The second-order valence-corrected chi connectivity index (χ2v) is 12.4. The molecule has 43 heavy (non-hydrogen) atoms. The Kier molecular flexibility index (Phi) is 13.6. The SMILES string of the molecule is CC1CCCC(C[C@@H]([C@@H](O)C(=O)OC(C)C)N(C(=O)[C@H](Cc2ccccc2)NC(=O)N2CCOCC2)[C@@H](CS)C(N)=O)C1. The van der Waals surface area contributed by atoms with Crippen molar-refractivity contribution in [1.29, 1.82) is 0 Å². The largest absolute Gasteiger partial charge is 0.461 e. The number of carbonyl (C=O) groups excluding carboxylic acids is 4. The maximum Gasteiger partial charge on any atom is 0.337 e. The molecule has 1 saturated carbocycles. The van der Waals surface area contributed by atoms with Crippen molar-refractivity contribution in [3.8, 4) is 0 Å². The molecule has 0 aromatic heterocycles. The smallest absolute Gasteiger partial charge is 0.337 e. The lowest BCUT2D eigenvalue weighted by Gasteiger charge is -2.42. The molecule has 1 aromatic carbocycles. The van der Waals surface area contributed by atoms with Crippen LogP contribution in [0.25, 0.3) is 0 Å². The summed E-state index contributed by atoms with van der Waals surface area (Å²) in [5, 5.41) is 14.3. The Labute approximate surface area is 260 Å². The minimum Gasteiger partial charge on any atom is -0.461 e. The van der Waals surface area contributed by atoms with Gasteiger partial charge in [0.25, 0.3) is 0 Å². The van der Waals surface area contributed by atoms with Crippen LogP contribution < -0.4 is 11.1 Å². The number of urea groups is 1. The van der Waals surface area contributed by atoms with Gasteiger partial charge in [0, 0.05) is 25.3 Å². The third-order valence-corrected chi connectivity index (χ3v) is 8.55. The average Bonchev–Trinajstić information content (AvgIpc) is 2.98. The van der Waals surface area contributed by atoms with Gasteiger partial charge in [-0.3, -0.25) is 9.59 Å². The zero-order valence-electron chi connectivity index (χ0n) is 25.5. The molecule has 1 saturated heterocycles. The number of aliphatic hydroxyl groups excluding tert-OH is 1. The van der Waals surface area contributed by atoms with E-state index < -0.39 is 54.1 Å². The number of carbonyl (C=O) groups is 4. The predicted molar refractivity (Wildman–Crippen MR) is 165 cm³/mol. The normalized spacial score (nSPS) is 21.8. The monoisotopic (exact) mass is 620 g/mol. The van der Waals surface area contributed by atoms with Gasteiger partial charge in [-0.1, -0.05) is 56.5 Å². The highest BCUT2D eigenvalue weighted by Crippen LogP contribution is 2.34. The molecule has 1 aliphatic carbocycles. The number of amides is 4. The van der Waals surface area contributed by atoms with E-state index in [2.05, 4.69) is 24.9 Å². The number of benzene rings is 1. The molecule has 4 amide bonds. The van der Waals surface area contributed by atoms with Gasteiger partial charge in [0.1, 0.15) is 12.1 Å². The minimum atomic E-state index is -1.74. The lowest BCUT2D eigenvalue weighted by Crippen LogP contribution is -2.64. The fourth-order valence-corrected chi connectivity index (χ4v) is 6.42. The van der Waals surface area contributed by atoms with Gasteiger partial charge in [-0.2, -0.15) is 12.6 Å². The number of hydrogen-bond acceptors (Lipinski definition) is 8. The molecule has 11 nitrogen and oxygen atoms in total. The van der Waals surface area contributed by atoms with Crippen molar-refractivity contribution in [2.45, 2.75) is 89.6 Å². The zero-order chi connectivity index (χ0) is 31.5. The van der Waals surface area contributed by atoms with Crippen LogP contribution in [0.4, 0.5) is 4.79 Å². The van der Waals surface area contributed by atoms with Gasteiger partial charge in [0.15, 0.2) is 6.10 Å². The van der Waals surface area contributed by atoms with Gasteiger partial charge in [0.2, 0.25) is 11.8 Å². The average molecular weight is 621 g/mol. The first-order valence-corrected chi connectivity index (χ1v) is 15.9. The van der Waals surface area contributed by atoms with Gasteiger partial charge in [-0.25, -0.2) is 9.59 Å². The number of morpholine rings is 1. The molecule has 0 radical (unpaired) electrons. The third kappa shape index (κ3) is 10.1. The Balaban J connectivity index is 2.04. The number of thiol groups is 1. The van der Waals surface area contributed by atoms with Gasteiger partial charge >= 0.3 is 12.0 Å². The molecule has 6 atom stereocenters. The molecule has 2 fully saturated rings. The van der Waals surface area contributed by atoms with Crippen LogP contribution in [-0.4, -0.2) is 101 Å². The first kappa shape index (κ1) is 34.7. The van der Waals surface area contributed by atoms with E-state index >= 15 is 0 Å². The summed E-state index contributed by atoms with van der Waals surface area (Å²) in [6, 6.07) is 5.24. The quantitative estimate of drug-likeness (QED) is 0.195. The topological polar surface area (TPSA) is 152 Å². The van der Waals surface area contributed by atoms with E-state index in [9.17, 15) is 24.3 Å². The van der Waals surface area contributed by atoms with Crippen LogP contribution in [0.1, 0.15) is 58.4 Å². The Morgan fingerprint density at radius 1 is 1.16 bits per heavy atom. The number of nitrogens with one attached hydrogen (secondary N) is 1. The molecule has 4 N–H and O–H groups in total. The molecule has 240 valence electrons. The summed E-state index contributed by atoms with van der Waals surface area (Å²) in [5.41, 5.74) is 6.60. The van der Waals surface area contributed by atoms with Crippen LogP contribution in [0.5, 0.6) is 0 Å². The molecule has 3 rings (SSSR count). The van der Waals surface area contributed by atoms with E-state index in [0.29, 0.717) is 32.2 Å². The van der Waals surface area contributed by atoms with Crippen LogP contribution in [0.2, 0.25) is 0 Å². The Morgan fingerprint density at radius 2 is 1.84 bits per heavy atom. The van der Waals surface area contributed by atoms with E-state index in [-0.39, 0.29) is 24.5 Å². The van der Waals surface area contributed by atoms with Crippen LogP contribution in [0.15, 0.2) is 30.3 Å². The Morgan fingerprint density at radius 3 is 2.42 bits per heavy atom.